The summed E-state index contributed by atoms with van der Waals surface area (Å²) in [4.78, 5) is 37.8. The van der Waals surface area contributed by atoms with Crippen LogP contribution in [0.3, 0.4) is 0 Å². The summed E-state index contributed by atoms with van der Waals surface area (Å²) < 4.78 is 31.1. The topological polar surface area (TPSA) is 130 Å². The predicted molar refractivity (Wildman–Crippen MR) is 135 cm³/mol. The van der Waals surface area contributed by atoms with Crippen molar-refractivity contribution in [3.63, 3.8) is 0 Å². The van der Waals surface area contributed by atoms with E-state index in [-0.39, 0.29) is 29.3 Å². The van der Waals surface area contributed by atoms with Crippen molar-refractivity contribution in [3.8, 4) is 11.5 Å². The van der Waals surface area contributed by atoms with Crippen LogP contribution in [0.5, 0.6) is 11.5 Å². The predicted octanol–water partition coefficient (Wildman–Crippen LogP) is 4.68. The molecule has 0 radical (unpaired) electrons. The molecule has 4 rings (SSSR count). The van der Waals surface area contributed by atoms with Gasteiger partial charge in [-0.25, -0.2) is 4.79 Å². The van der Waals surface area contributed by atoms with Crippen LogP contribution < -0.4 is 20.9 Å². The Morgan fingerprint density at radius 2 is 1.89 bits per heavy atom. The lowest BCUT2D eigenvalue weighted by Crippen LogP contribution is -2.37. The van der Waals surface area contributed by atoms with Crippen LogP contribution in [0.1, 0.15) is 41.3 Å². The number of aromatic nitrogens is 1. The van der Waals surface area contributed by atoms with Crippen LogP contribution >= 0.6 is 11.6 Å². The van der Waals surface area contributed by atoms with Gasteiger partial charge in [-0.1, -0.05) is 41.9 Å². The van der Waals surface area contributed by atoms with Gasteiger partial charge in [0.25, 0.3) is 5.56 Å². The lowest BCUT2D eigenvalue weighted by molar-refractivity contribution is -0.137. The van der Waals surface area contributed by atoms with Gasteiger partial charge in [-0.05, 0) is 48.6 Å². The molecule has 1 aliphatic rings. The molecule has 12 heteroatoms. The van der Waals surface area contributed by atoms with E-state index >= 15 is 0 Å². The number of ether oxygens (including phenoxy) is 1. The van der Waals surface area contributed by atoms with Gasteiger partial charge in [-0.3, -0.25) is 9.59 Å². The second-order valence-electron chi connectivity index (χ2n) is 8.69. The Kier molecular flexibility index (Phi) is 8.16. The number of benzene rings is 2. The number of amides is 2. The number of nitrogens with one attached hydrogen (secondary N) is 2. The molecule has 2 aromatic carbocycles. The smallest absolute Gasteiger partial charge is 0.387 e. The Balaban J connectivity index is 1.63. The molecular formula is C26H24ClF2N3O6. The van der Waals surface area contributed by atoms with Gasteiger partial charge in [-0.15, -0.1) is 0 Å². The number of halogens is 3. The summed E-state index contributed by atoms with van der Waals surface area (Å²) in [5, 5.41) is 25.4. The molecule has 3 aromatic rings. The molecule has 2 amide bonds. The van der Waals surface area contributed by atoms with Gasteiger partial charge < -0.3 is 30.2 Å². The monoisotopic (exact) mass is 547 g/mol. The van der Waals surface area contributed by atoms with E-state index in [0.29, 0.717) is 41.1 Å². The van der Waals surface area contributed by atoms with Crippen LogP contribution in [0.15, 0.2) is 53.3 Å². The molecule has 0 unspecified atom stereocenters. The van der Waals surface area contributed by atoms with Crippen LogP contribution in [0.4, 0.5) is 19.3 Å². The summed E-state index contributed by atoms with van der Waals surface area (Å²) in [6.07, 6.45) is 1.18. The molecule has 9 nitrogen and oxygen atoms in total. The Bertz CT molecular complexity index is 1430. The highest BCUT2D eigenvalue weighted by Gasteiger charge is 2.27. The standard InChI is InChI=1S/C26H24ClF2N3O6/c27-18-9-2-1-5-15(18)13-32-20-10-4-8-17(20)23(35)22(24(32)36)31-26(37)30-19(12-21(33)34)14-6-3-7-16(11-14)38-25(28)29/h1-3,5-7,9,11,19,25,35H,4,8,10,12-13H2,(H,33,34)(H2,30,31,37)/t19-/m0/s1. The first-order valence-electron chi connectivity index (χ1n) is 11.7. The van der Waals surface area contributed by atoms with E-state index in [1.807, 2.05) is 0 Å². The lowest BCUT2D eigenvalue weighted by Gasteiger charge is -2.20. The number of anilines is 1. The molecule has 1 aliphatic carbocycles. The number of aromatic hydroxyl groups is 1. The average Bonchev–Trinajstić information content (AvgIpc) is 3.35. The zero-order valence-electron chi connectivity index (χ0n) is 19.9. The number of alkyl halides is 2. The Morgan fingerprint density at radius 3 is 2.61 bits per heavy atom. The summed E-state index contributed by atoms with van der Waals surface area (Å²) >= 11 is 6.29. The van der Waals surface area contributed by atoms with Crippen molar-refractivity contribution >= 4 is 29.3 Å². The van der Waals surface area contributed by atoms with Crippen LogP contribution in [0.25, 0.3) is 0 Å². The molecule has 0 bridgehead atoms. The third-order valence-electron chi connectivity index (χ3n) is 6.19. The molecule has 1 atom stereocenters. The summed E-state index contributed by atoms with van der Waals surface area (Å²) in [6.45, 7) is -2.97. The first-order chi connectivity index (χ1) is 18.1. The minimum absolute atomic E-state index is 0.121. The van der Waals surface area contributed by atoms with Gasteiger partial charge in [0.1, 0.15) is 11.5 Å². The maximum atomic E-state index is 13.4. The van der Waals surface area contributed by atoms with Crippen LogP contribution in [-0.2, 0) is 24.2 Å². The van der Waals surface area contributed by atoms with Crippen LogP contribution in [0.2, 0.25) is 5.02 Å². The largest absolute Gasteiger partial charge is 0.505 e. The molecule has 1 aromatic heterocycles. The number of hydrogen-bond donors (Lipinski definition) is 4. The van der Waals surface area contributed by atoms with Crippen molar-refractivity contribution in [2.24, 2.45) is 0 Å². The summed E-state index contributed by atoms with van der Waals surface area (Å²) in [6, 6.07) is 10.1. The fourth-order valence-electron chi connectivity index (χ4n) is 4.51. The van der Waals surface area contributed by atoms with Crippen molar-refractivity contribution < 1.29 is 33.3 Å². The van der Waals surface area contributed by atoms with Gasteiger partial charge in [0.2, 0.25) is 0 Å². The Hall–Kier alpha value is -4.12. The van der Waals surface area contributed by atoms with Crippen molar-refractivity contribution in [2.75, 3.05) is 5.32 Å². The number of carboxylic acid groups (broad SMARTS) is 1. The number of hydrogen-bond acceptors (Lipinski definition) is 5. The summed E-state index contributed by atoms with van der Waals surface area (Å²) in [5.74, 6) is -1.83. The molecular weight excluding hydrogens is 524 g/mol. The first-order valence-corrected chi connectivity index (χ1v) is 12.1. The second kappa shape index (κ2) is 11.5. The SMILES string of the molecule is O=C(O)C[C@H](NC(=O)Nc1c(O)c2c(n(Cc3ccccc3Cl)c1=O)CCC2)c1cccc(OC(F)F)c1. The van der Waals surface area contributed by atoms with E-state index in [0.717, 1.165) is 0 Å². The fourth-order valence-corrected chi connectivity index (χ4v) is 4.70. The highest BCUT2D eigenvalue weighted by Crippen LogP contribution is 2.34. The number of aliphatic carboxylic acids is 1. The highest BCUT2D eigenvalue weighted by atomic mass is 35.5. The molecule has 0 saturated carbocycles. The van der Waals surface area contributed by atoms with Crippen LogP contribution in [-0.4, -0.2) is 33.4 Å². The molecule has 0 aliphatic heterocycles. The van der Waals surface area contributed by atoms with Gasteiger partial charge in [0.15, 0.2) is 5.69 Å². The minimum atomic E-state index is -3.09. The number of nitrogens with zero attached hydrogens (tertiary/aromatic N) is 1. The molecule has 0 saturated heterocycles. The number of carboxylic acids is 1. The third-order valence-corrected chi connectivity index (χ3v) is 6.56. The molecule has 4 N–H and O–H groups in total. The number of rotatable bonds is 9. The first kappa shape index (κ1) is 26.9. The number of urea groups is 1. The highest BCUT2D eigenvalue weighted by molar-refractivity contribution is 6.31. The van der Waals surface area contributed by atoms with E-state index < -0.39 is 36.6 Å². The second-order valence-corrected chi connectivity index (χ2v) is 9.09. The van der Waals surface area contributed by atoms with E-state index in [9.17, 15) is 33.4 Å². The number of carbonyl (C=O) groups excluding carboxylic acids is 1. The summed E-state index contributed by atoms with van der Waals surface area (Å²) in [5.41, 5.74) is 1.04. The van der Waals surface area contributed by atoms with Gasteiger partial charge in [-0.2, -0.15) is 8.78 Å². The van der Waals surface area contributed by atoms with Gasteiger partial charge in [0.05, 0.1) is 19.0 Å². The van der Waals surface area contributed by atoms with Crippen molar-refractivity contribution in [2.45, 2.75) is 44.9 Å². The third kappa shape index (κ3) is 6.05. The van der Waals surface area contributed by atoms with Gasteiger partial charge in [0, 0.05) is 16.3 Å². The lowest BCUT2D eigenvalue weighted by atomic mass is 10.0. The van der Waals surface area contributed by atoms with E-state index in [4.69, 9.17) is 11.6 Å². The Labute approximate surface area is 220 Å². The zero-order chi connectivity index (χ0) is 27.4. The molecule has 1 heterocycles. The fraction of sp³-hybridized carbons (Fsp3) is 0.269. The summed E-state index contributed by atoms with van der Waals surface area (Å²) in [7, 11) is 0. The molecule has 0 spiro atoms. The van der Waals surface area contributed by atoms with Crippen molar-refractivity contribution in [1.82, 2.24) is 9.88 Å². The molecule has 200 valence electrons. The number of fused-ring (bicyclic) bond motifs is 1. The number of pyridine rings is 1. The van der Waals surface area contributed by atoms with E-state index in [2.05, 4.69) is 15.4 Å². The average molecular weight is 548 g/mol. The quantitative estimate of drug-likeness (QED) is 0.308. The molecule has 0 fully saturated rings. The van der Waals surface area contributed by atoms with Gasteiger partial charge >= 0.3 is 18.6 Å². The maximum Gasteiger partial charge on any atom is 0.387 e. The van der Waals surface area contributed by atoms with Crippen molar-refractivity contribution in [3.05, 3.63) is 86.3 Å². The van der Waals surface area contributed by atoms with E-state index in [1.54, 1.807) is 24.3 Å². The van der Waals surface area contributed by atoms with Crippen molar-refractivity contribution in [1.29, 1.82) is 0 Å². The van der Waals surface area contributed by atoms with Crippen LogP contribution in [0, 0.1) is 0 Å². The normalized spacial score (nSPS) is 13.2. The molecule has 38 heavy (non-hydrogen) atoms. The maximum absolute atomic E-state index is 13.4. The number of carbonyl (C=O) groups is 2. The minimum Gasteiger partial charge on any atom is -0.505 e. The Morgan fingerprint density at radius 1 is 1.13 bits per heavy atom. The zero-order valence-corrected chi connectivity index (χ0v) is 20.7. The van der Waals surface area contributed by atoms with E-state index in [1.165, 1.54) is 28.8 Å².